The van der Waals surface area contributed by atoms with Crippen LogP contribution < -0.4 is 14.7 Å². The Kier molecular flexibility index (Phi) is 6.95. The highest BCUT2D eigenvalue weighted by Gasteiger charge is 2.29. The Morgan fingerprint density at radius 1 is 1.05 bits per heavy atom. The van der Waals surface area contributed by atoms with Gasteiger partial charge in [-0.15, -0.1) is 0 Å². The van der Waals surface area contributed by atoms with E-state index in [-0.39, 0.29) is 18.3 Å². The second kappa shape index (κ2) is 10.3. The highest BCUT2D eigenvalue weighted by Crippen LogP contribution is 2.31. The second-order valence-corrected chi connectivity index (χ2v) is 10.1. The molecular formula is C28H33FN6O2. The Labute approximate surface area is 216 Å². The van der Waals surface area contributed by atoms with Gasteiger partial charge in [0.15, 0.2) is 0 Å². The molecular weight excluding hydrogens is 471 g/mol. The number of nitrogens with zero attached hydrogens (tertiary/aromatic N) is 6. The standard InChI is InChI=1S/C28H33FN6O2/c1-18-13-21(14-26(36)37)16-30-27(18)33-11-12-34(20(3)17-33)25-15-24(22-6-8-23(29)9-7-22)31-28(32-25)35-10-4-5-19(35)2/h6-9,13,15-16,19-20H,4-5,10-12,14,17H2,1-3H3,(H,36,37)/t19-,20-/m1/s1. The fraction of sp³-hybridized carbons (Fsp3) is 0.429. The zero-order valence-electron chi connectivity index (χ0n) is 21.6. The van der Waals surface area contributed by atoms with E-state index in [0.29, 0.717) is 11.6 Å². The molecule has 194 valence electrons. The van der Waals surface area contributed by atoms with Crippen molar-refractivity contribution in [3.05, 3.63) is 59.5 Å². The van der Waals surface area contributed by atoms with Crippen LogP contribution in [-0.4, -0.2) is 64.3 Å². The summed E-state index contributed by atoms with van der Waals surface area (Å²) >= 11 is 0. The van der Waals surface area contributed by atoms with Crippen LogP contribution in [0.2, 0.25) is 0 Å². The first-order valence-corrected chi connectivity index (χ1v) is 12.9. The summed E-state index contributed by atoms with van der Waals surface area (Å²) < 4.78 is 13.6. The van der Waals surface area contributed by atoms with Crippen LogP contribution in [-0.2, 0) is 11.2 Å². The number of aryl methyl sites for hydroxylation is 1. The van der Waals surface area contributed by atoms with Crippen molar-refractivity contribution in [1.82, 2.24) is 15.0 Å². The molecule has 2 atom stereocenters. The van der Waals surface area contributed by atoms with Crippen molar-refractivity contribution in [3.63, 3.8) is 0 Å². The van der Waals surface area contributed by atoms with Crippen LogP contribution in [0.5, 0.6) is 0 Å². The van der Waals surface area contributed by atoms with Gasteiger partial charge in [-0.2, -0.15) is 4.98 Å². The van der Waals surface area contributed by atoms with Crippen LogP contribution in [0.1, 0.15) is 37.8 Å². The summed E-state index contributed by atoms with van der Waals surface area (Å²) in [6.07, 6.45) is 3.87. The van der Waals surface area contributed by atoms with E-state index in [9.17, 15) is 9.18 Å². The molecule has 9 heteroatoms. The van der Waals surface area contributed by atoms with Gasteiger partial charge in [-0.1, -0.05) is 6.07 Å². The van der Waals surface area contributed by atoms with E-state index in [4.69, 9.17) is 15.1 Å². The number of pyridine rings is 1. The molecule has 4 heterocycles. The quantitative estimate of drug-likeness (QED) is 0.531. The lowest BCUT2D eigenvalue weighted by Gasteiger charge is -2.41. The van der Waals surface area contributed by atoms with Crippen LogP contribution in [0.4, 0.5) is 22.0 Å². The maximum Gasteiger partial charge on any atom is 0.307 e. The number of halogens is 1. The Morgan fingerprint density at radius 3 is 2.49 bits per heavy atom. The van der Waals surface area contributed by atoms with Crippen LogP contribution in [0.25, 0.3) is 11.3 Å². The minimum atomic E-state index is -0.858. The molecule has 1 aromatic carbocycles. The normalized spacial score (nSPS) is 19.9. The molecule has 0 amide bonds. The largest absolute Gasteiger partial charge is 0.481 e. The molecule has 37 heavy (non-hydrogen) atoms. The Bertz CT molecular complexity index is 1280. The minimum absolute atomic E-state index is 0.0274. The first-order valence-electron chi connectivity index (χ1n) is 12.9. The fourth-order valence-corrected chi connectivity index (χ4v) is 5.41. The van der Waals surface area contributed by atoms with Crippen LogP contribution >= 0.6 is 0 Å². The zero-order valence-corrected chi connectivity index (χ0v) is 21.6. The van der Waals surface area contributed by atoms with Gasteiger partial charge in [-0.05, 0) is 69.0 Å². The monoisotopic (exact) mass is 504 g/mol. The van der Waals surface area contributed by atoms with E-state index in [1.165, 1.54) is 12.1 Å². The third-order valence-electron chi connectivity index (χ3n) is 7.33. The summed E-state index contributed by atoms with van der Waals surface area (Å²) in [5, 5.41) is 9.08. The van der Waals surface area contributed by atoms with Gasteiger partial charge in [-0.3, -0.25) is 4.79 Å². The highest BCUT2D eigenvalue weighted by atomic mass is 19.1. The molecule has 5 rings (SSSR count). The number of hydrogen-bond donors (Lipinski definition) is 1. The number of carbonyl (C=O) groups is 1. The van der Waals surface area contributed by atoms with Gasteiger partial charge in [0.05, 0.1) is 12.1 Å². The van der Waals surface area contributed by atoms with Crippen molar-refractivity contribution in [3.8, 4) is 11.3 Å². The average molecular weight is 505 g/mol. The molecule has 2 aromatic heterocycles. The van der Waals surface area contributed by atoms with Crippen molar-refractivity contribution in [2.75, 3.05) is 40.9 Å². The maximum absolute atomic E-state index is 13.6. The Hall–Kier alpha value is -3.75. The van der Waals surface area contributed by atoms with Crippen molar-refractivity contribution in [1.29, 1.82) is 0 Å². The van der Waals surface area contributed by atoms with E-state index in [1.807, 2.05) is 19.1 Å². The fourth-order valence-electron chi connectivity index (χ4n) is 5.41. The van der Waals surface area contributed by atoms with Gasteiger partial charge < -0.3 is 19.8 Å². The van der Waals surface area contributed by atoms with Gasteiger partial charge >= 0.3 is 5.97 Å². The van der Waals surface area contributed by atoms with Crippen molar-refractivity contribution in [2.24, 2.45) is 0 Å². The van der Waals surface area contributed by atoms with Gasteiger partial charge in [-0.25, -0.2) is 14.4 Å². The summed E-state index contributed by atoms with van der Waals surface area (Å²) in [6, 6.07) is 10.9. The molecule has 3 aromatic rings. The Balaban J connectivity index is 1.41. The van der Waals surface area contributed by atoms with E-state index in [0.717, 1.165) is 73.4 Å². The van der Waals surface area contributed by atoms with Crippen LogP contribution in [0.3, 0.4) is 0 Å². The molecule has 8 nitrogen and oxygen atoms in total. The third kappa shape index (κ3) is 5.35. The molecule has 2 aliphatic heterocycles. The van der Waals surface area contributed by atoms with Gasteiger partial charge in [0.25, 0.3) is 0 Å². The van der Waals surface area contributed by atoms with Gasteiger partial charge in [0.1, 0.15) is 17.5 Å². The first-order chi connectivity index (χ1) is 17.8. The lowest BCUT2D eigenvalue weighted by molar-refractivity contribution is -0.136. The molecule has 0 spiro atoms. The van der Waals surface area contributed by atoms with Crippen molar-refractivity contribution >= 4 is 23.6 Å². The summed E-state index contributed by atoms with van der Waals surface area (Å²) in [7, 11) is 0. The van der Waals surface area contributed by atoms with E-state index in [1.54, 1.807) is 18.3 Å². The van der Waals surface area contributed by atoms with Crippen molar-refractivity contribution < 1.29 is 14.3 Å². The molecule has 0 bridgehead atoms. The number of aliphatic carboxylic acids is 1. The average Bonchev–Trinajstić information content (AvgIpc) is 3.30. The van der Waals surface area contributed by atoms with Gasteiger partial charge in [0.2, 0.25) is 5.95 Å². The topological polar surface area (TPSA) is 85.7 Å². The van der Waals surface area contributed by atoms with Crippen LogP contribution in [0.15, 0.2) is 42.6 Å². The molecule has 2 fully saturated rings. The predicted octanol–water partition coefficient (Wildman–Crippen LogP) is 4.32. The van der Waals surface area contributed by atoms with Gasteiger partial charge in [0, 0.05) is 56.1 Å². The highest BCUT2D eigenvalue weighted by molar-refractivity contribution is 5.70. The molecule has 1 N–H and O–H groups in total. The number of rotatable bonds is 6. The van der Waals surface area contributed by atoms with E-state index < -0.39 is 5.97 Å². The first kappa shape index (κ1) is 24.9. The summed E-state index contributed by atoms with van der Waals surface area (Å²) in [5.74, 6) is 1.36. The molecule has 0 saturated carbocycles. The van der Waals surface area contributed by atoms with Crippen molar-refractivity contribution in [2.45, 2.75) is 52.1 Å². The second-order valence-electron chi connectivity index (χ2n) is 10.1. The van der Waals surface area contributed by atoms with Crippen LogP contribution in [0, 0.1) is 12.7 Å². The molecule has 0 unspecified atom stereocenters. The number of benzene rings is 1. The number of anilines is 3. The number of carboxylic acids is 1. The third-order valence-corrected chi connectivity index (χ3v) is 7.33. The molecule has 2 aliphatic rings. The minimum Gasteiger partial charge on any atom is -0.481 e. The van der Waals surface area contributed by atoms with E-state index >= 15 is 0 Å². The zero-order chi connectivity index (χ0) is 26.1. The number of hydrogen-bond acceptors (Lipinski definition) is 7. The number of aromatic nitrogens is 3. The Morgan fingerprint density at radius 2 is 1.84 bits per heavy atom. The lowest BCUT2D eigenvalue weighted by Crippen LogP contribution is -2.53. The molecule has 0 radical (unpaired) electrons. The maximum atomic E-state index is 13.6. The smallest absolute Gasteiger partial charge is 0.307 e. The number of piperazine rings is 1. The summed E-state index contributed by atoms with van der Waals surface area (Å²) in [5.41, 5.74) is 3.34. The predicted molar refractivity (Wildman–Crippen MR) is 143 cm³/mol. The SMILES string of the molecule is Cc1cc(CC(=O)O)cnc1N1CCN(c2cc(-c3ccc(F)cc3)nc(N3CCC[C@H]3C)n2)[C@H](C)C1. The molecule has 0 aliphatic carbocycles. The summed E-state index contributed by atoms with van der Waals surface area (Å²) in [4.78, 5) is 32.4. The summed E-state index contributed by atoms with van der Waals surface area (Å²) in [6.45, 7) is 9.58. The number of carboxylic acid groups (broad SMARTS) is 1. The van der Waals surface area contributed by atoms with E-state index in [2.05, 4.69) is 33.5 Å². The lowest BCUT2D eigenvalue weighted by atomic mass is 10.1. The molecule has 2 saturated heterocycles.